The van der Waals surface area contributed by atoms with Gasteiger partial charge in [0.2, 0.25) is 0 Å². The van der Waals surface area contributed by atoms with Crippen LogP contribution in [0.15, 0.2) is 23.3 Å². The molecule has 0 bridgehead atoms. The summed E-state index contributed by atoms with van der Waals surface area (Å²) in [5, 5.41) is 3.93. The van der Waals surface area contributed by atoms with Crippen LogP contribution in [0.2, 0.25) is 10.0 Å². The van der Waals surface area contributed by atoms with Gasteiger partial charge in [0.15, 0.2) is 0 Å². The van der Waals surface area contributed by atoms with Crippen LogP contribution in [0.3, 0.4) is 0 Å². The molecule has 18 heavy (non-hydrogen) atoms. The van der Waals surface area contributed by atoms with Crippen LogP contribution in [0.1, 0.15) is 12.5 Å². The van der Waals surface area contributed by atoms with E-state index in [-0.39, 0.29) is 10.7 Å². The summed E-state index contributed by atoms with van der Waals surface area (Å²) in [6.07, 6.45) is -4.98. The molecule has 3 nitrogen and oxygen atoms in total. The molecule has 0 aliphatic heterocycles. The summed E-state index contributed by atoms with van der Waals surface area (Å²) in [6.45, 7) is 1.41. The van der Waals surface area contributed by atoms with Crippen molar-refractivity contribution in [3.63, 3.8) is 0 Å². The third-order valence-electron chi connectivity index (χ3n) is 1.90. The Morgan fingerprint density at radius 1 is 1.33 bits per heavy atom. The minimum Gasteiger partial charge on any atom is -0.263 e. The maximum Gasteiger partial charge on any atom is 0.473 e. The Morgan fingerprint density at radius 3 is 2.44 bits per heavy atom. The summed E-state index contributed by atoms with van der Waals surface area (Å²) >= 11 is 11.5. The van der Waals surface area contributed by atoms with Gasteiger partial charge in [0.1, 0.15) is 0 Å². The SMILES string of the molecule is CC(=NNC(=O)C(F)(F)F)c1ccc(Cl)cc1Cl. The fourth-order valence-corrected chi connectivity index (χ4v) is 1.59. The molecule has 0 unspecified atom stereocenters. The minimum atomic E-state index is -4.98. The number of halogens is 5. The van der Waals surface area contributed by atoms with Crippen LogP contribution >= 0.6 is 23.2 Å². The van der Waals surface area contributed by atoms with E-state index < -0.39 is 12.1 Å². The van der Waals surface area contributed by atoms with E-state index >= 15 is 0 Å². The number of nitrogens with zero attached hydrogens (tertiary/aromatic N) is 1. The Balaban J connectivity index is 2.87. The number of alkyl halides is 3. The van der Waals surface area contributed by atoms with Crippen LogP contribution < -0.4 is 5.43 Å². The van der Waals surface area contributed by atoms with Crippen LogP contribution in [0, 0.1) is 0 Å². The van der Waals surface area contributed by atoms with E-state index in [9.17, 15) is 18.0 Å². The smallest absolute Gasteiger partial charge is 0.263 e. The average molecular weight is 299 g/mol. The molecule has 0 saturated heterocycles. The molecule has 8 heteroatoms. The average Bonchev–Trinajstić information content (AvgIpc) is 2.24. The molecule has 0 aliphatic carbocycles. The molecular formula is C10H7Cl2F3N2O. The first-order chi connectivity index (χ1) is 8.21. The third kappa shape index (κ3) is 3.89. The van der Waals surface area contributed by atoms with Gasteiger partial charge in [-0.05, 0) is 19.1 Å². The van der Waals surface area contributed by atoms with Crippen LogP contribution in [-0.4, -0.2) is 17.8 Å². The van der Waals surface area contributed by atoms with Crippen LogP contribution in [-0.2, 0) is 4.79 Å². The lowest BCUT2D eigenvalue weighted by atomic mass is 10.1. The van der Waals surface area contributed by atoms with Crippen molar-refractivity contribution >= 4 is 34.8 Å². The van der Waals surface area contributed by atoms with Crippen molar-refractivity contribution in [2.24, 2.45) is 5.10 Å². The maximum atomic E-state index is 11.9. The van der Waals surface area contributed by atoms with Gasteiger partial charge in [-0.2, -0.15) is 18.3 Å². The maximum absolute atomic E-state index is 11.9. The van der Waals surface area contributed by atoms with E-state index in [0.717, 1.165) is 0 Å². The number of hydrogen-bond donors (Lipinski definition) is 1. The van der Waals surface area contributed by atoms with E-state index in [0.29, 0.717) is 10.6 Å². The van der Waals surface area contributed by atoms with Crippen molar-refractivity contribution in [3.8, 4) is 0 Å². The molecule has 1 rings (SSSR count). The van der Waals surface area contributed by atoms with Gasteiger partial charge in [0, 0.05) is 10.6 Å². The van der Waals surface area contributed by atoms with E-state index in [1.165, 1.54) is 30.5 Å². The van der Waals surface area contributed by atoms with Crippen molar-refractivity contribution in [2.75, 3.05) is 0 Å². The Hall–Kier alpha value is -1.27. The first kappa shape index (κ1) is 14.8. The van der Waals surface area contributed by atoms with Crippen LogP contribution in [0.5, 0.6) is 0 Å². The van der Waals surface area contributed by atoms with Crippen molar-refractivity contribution in [1.29, 1.82) is 0 Å². The van der Waals surface area contributed by atoms with E-state index in [4.69, 9.17) is 23.2 Å². The van der Waals surface area contributed by atoms with Crippen molar-refractivity contribution in [1.82, 2.24) is 5.43 Å². The summed E-state index contributed by atoms with van der Waals surface area (Å²) in [6, 6.07) is 4.42. The number of carbonyl (C=O) groups is 1. The van der Waals surface area contributed by atoms with E-state index in [2.05, 4.69) is 5.10 Å². The van der Waals surface area contributed by atoms with Gasteiger partial charge in [-0.15, -0.1) is 0 Å². The summed E-state index contributed by atoms with van der Waals surface area (Å²) in [5.41, 5.74) is 1.91. The zero-order valence-electron chi connectivity index (χ0n) is 8.98. The molecular weight excluding hydrogens is 292 g/mol. The van der Waals surface area contributed by atoms with Crippen LogP contribution in [0.4, 0.5) is 13.2 Å². The molecule has 1 N–H and O–H groups in total. The van der Waals surface area contributed by atoms with E-state index in [1.54, 1.807) is 0 Å². The number of benzene rings is 1. The fraction of sp³-hybridized carbons (Fsp3) is 0.200. The second kappa shape index (κ2) is 5.58. The highest BCUT2D eigenvalue weighted by molar-refractivity contribution is 6.37. The molecule has 0 radical (unpaired) electrons. The molecule has 0 spiro atoms. The molecule has 0 fully saturated rings. The predicted octanol–water partition coefficient (Wildman–Crippen LogP) is 3.40. The van der Waals surface area contributed by atoms with Crippen molar-refractivity contribution < 1.29 is 18.0 Å². The molecule has 0 saturated carbocycles. The molecule has 0 aliphatic rings. The molecule has 1 aromatic rings. The first-order valence-electron chi connectivity index (χ1n) is 4.58. The Bertz CT molecular complexity index is 500. The lowest BCUT2D eigenvalue weighted by molar-refractivity contribution is -0.173. The van der Waals surface area contributed by atoms with E-state index in [1.807, 2.05) is 0 Å². The standard InChI is InChI=1S/C10H7Cl2F3N2O/c1-5(16-17-9(18)10(13,14)15)7-3-2-6(11)4-8(7)12/h2-4H,1H3,(H,17,18). The van der Waals surface area contributed by atoms with Gasteiger partial charge < -0.3 is 0 Å². The van der Waals surface area contributed by atoms with Gasteiger partial charge in [0.05, 0.1) is 10.7 Å². The largest absolute Gasteiger partial charge is 0.473 e. The molecule has 1 aromatic carbocycles. The number of rotatable bonds is 2. The second-order valence-corrected chi connectivity index (χ2v) is 4.10. The molecule has 0 aromatic heterocycles. The zero-order valence-corrected chi connectivity index (χ0v) is 10.5. The minimum absolute atomic E-state index is 0.134. The van der Waals surface area contributed by atoms with Crippen LogP contribution in [0.25, 0.3) is 0 Å². The van der Waals surface area contributed by atoms with Crippen molar-refractivity contribution in [2.45, 2.75) is 13.1 Å². The highest BCUT2D eigenvalue weighted by Gasteiger charge is 2.38. The molecule has 0 heterocycles. The second-order valence-electron chi connectivity index (χ2n) is 3.26. The summed E-state index contributed by atoms with van der Waals surface area (Å²) < 4.78 is 35.7. The van der Waals surface area contributed by atoms with Gasteiger partial charge in [-0.1, -0.05) is 29.3 Å². The molecule has 98 valence electrons. The number of hydrogen-bond acceptors (Lipinski definition) is 2. The van der Waals surface area contributed by atoms with Crippen molar-refractivity contribution in [3.05, 3.63) is 33.8 Å². The Kier molecular flexibility index (Phi) is 4.59. The number of amides is 1. The third-order valence-corrected chi connectivity index (χ3v) is 2.45. The summed E-state index contributed by atoms with van der Waals surface area (Å²) in [5.74, 6) is -2.15. The Morgan fingerprint density at radius 2 is 1.94 bits per heavy atom. The lowest BCUT2D eigenvalue weighted by Gasteiger charge is -2.06. The topological polar surface area (TPSA) is 41.5 Å². The van der Waals surface area contributed by atoms with Gasteiger partial charge in [0.25, 0.3) is 0 Å². The fourth-order valence-electron chi connectivity index (χ4n) is 1.04. The molecule has 0 atom stereocenters. The monoisotopic (exact) mass is 298 g/mol. The molecule has 1 amide bonds. The Labute approximate surface area is 111 Å². The number of nitrogens with one attached hydrogen (secondary N) is 1. The number of hydrazone groups is 1. The highest BCUT2D eigenvalue weighted by atomic mass is 35.5. The zero-order chi connectivity index (χ0) is 13.9. The quantitative estimate of drug-likeness (QED) is 0.660. The summed E-state index contributed by atoms with van der Waals surface area (Å²) in [4.78, 5) is 10.5. The first-order valence-corrected chi connectivity index (χ1v) is 5.34. The normalized spacial score (nSPS) is 12.4. The van der Waals surface area contributed by atoms with Gasteiger partial charge >= 0.3 is 12.1 Å². The predicted molar refractivity (Wildman–Crippen MR) is 62.9 cm³/mol. The van der Waals surface area contributed by atoms with Gasteiger partial charge in [-0.3, -0.25) is 4.79 Å². The number of carbonyl (C=O) groups excluding carboxylic acids is 1. The van der Waals surface area contributed by atoms with Gasteiger partial charge in [-0.25, -0.2) is 5.43 Å². The summed E-state index contributed by atoms with van der Waals surface area (Å²) in [7, 11) is 0. The lowest BCUT2D eigenvalue weighted by Crippen LogP contribution is -2.34. The highest BCUT2D eigenvalue weighted by Crippen LogP contribution is 2.21.